The summed E-state index contributed by atoms with van der Waals surface area (Å²) in [5.41, 5.74) is 2.70. The summed E-state index contributed by atoms with van der Waals surface area (Å²) in [6, 6.07) is 8.73. The zero-order valence-electron chi connectivity index (χ0n) is 10.6. The Labute approximate surface area is 106 Å². The molecule has 0 fully saturated rings. The van der Waals surface area contributed by atoms with Gasteiger partial charge in [-0.2, -0.15) is 0 Å². The zero-order chi connectivity index (χ0) is 12.3. The molecule has 0 bridgehead atoms. The van der Waals surface area contributed by atoms with Crippen LogP contribution in [0.25, 0.3) is 0 Å². The van der Waals surface area contributed by atoms with E-state index in [1.54, 1.807) is 0 Å². The third kappa shape index (κ3) is 2.61. The number of rotatable bonds is 5. The van der Waals surface area contributed by atoms with Gasteiger partial charge in [0.05, 0.1) is 5.25 Å². The van der Waals surface area contributed by atoms with Gasteiger partial charge in [-0.05, 0) is 31.0 Å². The van der Waals surface area contributed by atoms with Crippen molar-refractivity contribution in [2.75, 3.05) is 12.8 Å². The van der Waals surface area contributed by atoms with E-state index >= 15 is 0 Å². The number of unbranched alkanes of at least 4 members (excludes halogenated alkanes) is 1. The van der Waals surface area contributed by atoms with E-state index in [-0.39, 0.29) is 11.3 Å². The quantitative estimate of drug-likeness (QED) is 0.871. The smallest absolute Gasteiger partial charge is 0.0583 e. The summed E-state index contributed by atoms with van der Waals surface area (Å²) in [5, 5.41) is 3.59. The first-order chi connectivity index (χ1) is 8.27. The highest BCUT2D eigenvalue weighted by molar-refractivity contribution is 7.85. The topological polar surface area (TPSA) is 29.1 Å². The second kappa shape index (κ2) is 5.78. The van der Waals surface area contributed by atoms with Crippen molar-refractivity contribution in [2.24, 2.45) is 0 Å². The molecule has 0 aromatic heterocycles. The van der Waals surface area contributed by atoms with Crippen molar-refractivity contribution in [3.63, 3.8) is 0 Å². The van der Waals surface area contributed by atoms with Gasteiger partial charge in [-0.1, -0.05) is 37.6 Å². The highest BCUT2D eigenvalue weighted by Crippen LogP contribution is 2.34. The van der Waals surface area contributed by atoms with E-state index in [2.05, 4.69) is 36.5 Å². The Balaban J connectivity index is 2.14. The van der Waals surface area contributed by atoms with E-state index in [4.69, 9.17) is 0 Å². The van der Waals surface area contributed by atoms with E-state index in [1.807, 2.05) is 7.05 Å². The summed E-state index contributed by atoms with van der Waals surface area (Å²) >= 11 is 0. The van der Waals surface area contributed by atoms with Gasteiger partial charge in [0.15, 0.2) is 0 Å². The SMILES string of the molecule is CCCCS(=O)C1Cc2ccccc2C1NC. The van der Waals surface area contributed by atoms with Crippen molar-refractivity contribution >= 4 is 10.8 Å². The van der Waals surface area contributed by atoms with Gasteiger partial charge in [0.25, 0.3) is 0 Å². The van der Waals surface area contributed by atoms with E-state index < -0.39 is 10.8 Å². The maximum Gasteiger partial charge on any atom is 0.0583 e. The molecule has 1 aromatic carbocycles. The summed E-state index contributed by atoms with van der Waals surface area (Å²) in [6.07, 6.45) is 3.14. The fraction of sp³-hybridized carbons (Fsp3) is 0.571. The molecule has 1 aliphatic carbocycles. The minimum absolute atomic E-state index is 0.254. The minimum atomic E-state index is -0.714. The molecule has 1 aromatic rings. The van der Waals surface area contributed by atoms with Gasteiger partial charge in [-0.15, -0.1) is 0 Å². The van der Waals surface area contributed by atoms with Crippen LogP contribution in [0.2, 0.25) is 0 Å². The molecule has 2 nitrogen and oxygen atoms in total. The lowest BCUT2D eigenvalue weighted by atomic mass is 10.1. The molecule has 94 valence electrons. The standard InChI is InChI=1S/C14H21NOS/c1-3-4-9-17(16)13-10-11-7-5-6-8-12(11)14(13)15-2/h5-8,13-15H,3-4,9-10H2,1-2H3. The molecule has 0 radical (unpaired) electrons. The Bertz CT molecular complexity index is 405. The lowest BCUT2D eigenvalue weighted by Gasteiger charge is -2.19. The molecule has 0 aliphatic heterocycles. The Morgan fingerprint density at radius 2 is 2.18 bits per heavy atom. The van der Waals surface area contributed by atoms with Crippen LogP contribution in [-0.2, 0) is 17.2 Å². The normalized spacial score (nSPS) is 24.6. The number of hydrogen-bond acceptors (Lipinski definition) is 2. The number of benzene rings is 1. The summed E-state index contributed by atoms with van der Waals surface area (Å²) in [5.74, 6) is 0.841. The average molecular weight is 251 g/mol. The largest absolute Gasteiger partial charge is 0.312 e. The zero-order valence-corrected chi connectivity index (χ0v) is 11.4. The molecule has 17 heavy (non-hydrogen) atoms. The third-order valence-electron chi connectivity index (χ3n) is 3.53. The van der Waals surface area contributed by atoms with Gasteiger partial charge in [0.1, 0.15) is 0 Å². The summed E-state index contributed by atoms with van der Waals surface area (Å²) in [7, 11) is 1.26. The molecule has 0 saturated carbocycles. The first-order valence-corrected chi connectivity index (χ1v) is 7.78. The fourth-order valence-electron chi connectivity index (χ4n) is 2.58. The Morgan fingerprint density at radius 3 is 2.88 bits per heavy atom. The number of fused-ring (bicyclic) bond motifs is 1. The molecule has 3 unspecified atom stereocenters. The molecule has 3 heteroatoms. The minimum Gasteiger partial charge on any atom is -0.312 e. The van der Waals surface area contributed by atoms with Crippen LogP contribution in [-0.4, -0.2) is 22.3 Å². The van der Waals surface area contributed by atoms with Gasteiger partial charge in [0.2, 0.25) is 0 Å². The molecule has 1 aliphatic rings. The Hall–Kier alpha value is -0.670. The molecule has 3 atom stereocenters. The van der Waals surface area contributed by atoms with Gasteiger partial charge < -0.3 is 5.32 Å². The second-order valence-electron chi connectivity index (χ2n) is 4.65. The highest BCUT2D eigenvalue weighted by atomic mass is 32.2. The molecule has 0 heterocycles. The van der Waals surface area contributed by atoms with Crippen molar-refractivity contribution in [1.82, 2.24) is 5.32 Å². The van der Waals surface area contributed by atoms with Crippen LogP contribution in [0.5, 0.6) is 0 Å². The average Bonchev–Trinajstić information content (AvgIpc) is 2.74. The lowest BCUT2D eigenvalue weighted by Crippen LogP contribution is -2.30. The van der Waals surface area contributed by atoms with Crippen molar-refractivity contribution in [3.05, 3.63) is 35.4 Å². The summed E-state index contributed by atoms with van der Waals surface area (Å²) < 4.78 is 12.3. The molecular weight excluding hydrogens is 230 g/mol. The van der Waals surface area contributed by atoms with Crippen LogP contribution in [0.15, 0.2) is 24.3 Å². The van der Waals surface area contributed by atoms with E-state index in [9.17, 15) is 4.21 Å². The van der Waals surface area contributed by atoms with Crippen molar-refractivity contribution < 1.29 is 4.21 Å². The molecule has 0 saturated heterocycles. The first kappa shape index (κ1) is 12.8. The van der Waals surface area contributed by atoms with Crippen LogP contribution in [0.3, 0.4) is 0 Å². The van der Waals surface area contributed by atoms with Crippen LogP contribution in [0, 0.1) is 0 Å². The summed E-state index contributed by atoms with van der Waals surface area (Å²) in [6.45, 7) is 2.15. The molecular formula is C14H21NOS. The van der Waals surface area contributed by atoms with Crippen LogP contribution in [0.4, 0.5) is 0 Å². The third-order valence-corrected chi connectivity index (χ3v) is 5.34. The van der Waals surface area contributed by atoms with E-state index in [0.717, 1.165) is 25.0 Å². The van der Waals surface area contributed by atoms with Crippen LogP contribution in [0.1, 0.15) is 36.9 Å². The molecule has 0 amide bonds. The maximum atomic E-state index is 12.3. The van der Waals surface area contributed by atoms with Crippen LogP contribution < -0.4 is 5.32 Å². The van der Waals surface area contributed by atoms with Gasteiger partial charge >= 0.3 is 0 Å². The fourth-order valence-corrected chi connectivity index (χ4v) is 4.41. The molecule has 1 N–H and O–H groups in total. The second-order valence-corrected chi connectivity index (χ2v) is 6.42. The highest BCUT2D eigenvalue weighted by Gasteiger charge is 2.34. The van der Waals surface area contributed by atoms with Gasteiger partial charge in [-0.3, -0.25) is 4.21 Å². The first-order valence-electron chi connectivity index (χ1n) is 6.40. The van der Waals surface area contributed by atoms with Crippen LogP contribution >= 0.6 is 0 Å². The summed E-state index contributed by atoms with van der Waals surface area (Å²) in [4.78, 5) is 0. The maximum absolute atomic E-state index is 12.3. The van der Waals surface area contributed by atoms with Gasteiger partial charge in [0, 0.05) is 22.6 Å². The Morgan fingerprint density at radius 1 is 1.41 bits per heavy atom. The monoisotopic (exact) mass is 251 g/mol. The van der Waals surface area contributed by atoms with Crippen molar-refractivity contribution in [1.29, 1.82) is 0 Å². The number of nitrogens with one attached hydrogen (secondary N) is 1. The predicted molar refractivity (Wildman–Crippen MR) is 73.7 cm³/mol. The predicted octanol–water partition coefficient (Wildman–Crippen LogP) is 2.42. The Kier molecular flexibility index (Phi) is 4.35. The molecule has 0 spiro atoms. The van der Waals surface area contributed by atoms with E-state index in [0.29, 0.717) is 0 Å². The van der Waals surface area contributed by atoms with Crippen molar-refractivity contribution in [2.45, 2.75) is 37.5 Å². The van der Waals surface area contributed by atoms with Gasteiger partial charge in [-0.25, -0.2) is 0 Å². The molecule has 2 rings (SSSR count). The van der Waals surface area contributed by atoms with Crippen molar-refractivity contribution in [3.8, 4) is 0 Å². The van der Waals surface area contributed by atoms with E-state index in [1.165, 1.54) is 11.1 Å². The lowest BCUT2D eigenvalue weighted by molar-refractivity contribution is 0.579. The number of hydrogen-bond donors (Lipinski definition) is 1.